The number of carbonyl (C=O) groups is 1. The molecular formula is C21H18F20O2. The van der Waals surface area contributed by atoms with Crippen molar-refractivity contribution in [1.82, 2.24) is 0 Å². The number of alkyl halides is 20. The Hall–Kier alpha value is -2.19. The molecule has 0 bridgehead atoms. The molecule has 22 heteroatoms. The van der Waals surface area contributed by atoms with Gasteiger partial charge in [-0.2, -0.15) is 87.8 Å². The van der Waals surface area contributed by atoms with Crippen LogP contribution >= 0.6 is 0 Å². The van der Waals surface area contributed by atoms with Gasteiger partial charge in [0.2, 0.25) is 0 Å². The topological polar surface area (TPSA) is 26.3 Å². The summed E-state index contributed by atoms with van der Waals surface area (Å²) < 4.78 is 274. The molecule has 1 aliphatic carbocycles. The van der Waals surface area contributed by atoms with Gasteiger partial charge in [-0.15, -0.1) is 0 Å². The van der Waals surface area contributed by atoms with E-state index in [1.807, 2.05) is 0 Å². The molecule has 0 aromatic heterocycles. The average molecular weight is 682 g/mol. The quantitative estimate of drug-likeness (QED) is 0.123. The summed E-state index contributed by atoms with van der Waals surface area (Å²) in [5.41, 5.74) is -5.94. The van der Waals surface area contributed by atoms with E-state index in [0.29, 0.717) is 0 Å². The molecule has 0 spiro atoms. The van der Waals surface area contributed by atoms with Crippen LogP contribution in [0.25, 0.3) is 0 Å². The number of ether oxygens (including phenoxy) is 1. The van der Waals surface area contributed by atoms with Gasteiger partial charge in [0.05, 0.1) is 6.42 Å². The molecule has 0 aliphatic heterocycles. The van der Waals surface area contributed by atoms with Gasteiger partial charge >= 0.3 is 59.8 Å². The number of rotatable bonds is 11. The van der Waals surface area contributed by atoms with E-state index < -0.39 is 96.1 Å². The molecule has 1 rings (SSSR count). The maximum Gasteiger partial charge on any atom is 0.460 e. The highest BCUT2D eigenvalue weighted by Gasteiger charge is 2.95. The molecule has 2 nitrogen and oxygen atoms in total. The summed E-state index contributed by atoms with van der Waals surface area (Å²) in [5.74, 6) is -62.7. The van der Waals surface area contributed by atoms with E-state index in [4.69, 9.17) is 0 Å². The molecule has 1 saturated carbocycles. The second-order valence-electron chi connectivity index (χ2n) is 9.84. The Balaban J connectivity index is 3.70. The highest BCUT2D eigenvalue weighted by Crippen LogP contribution is 2.64. The van der Waals surface area contributed by atoms with Crippen molar-refractivity contribution in [3.63, 3.8) is 0 Å². The fraction of sp³-hybridized carbons (Fsp3) is 0.857. The molecule has 1 unspecified atom stereocenters. The highest BCUT2D eigenvalue weighted by atomic mass is 19.4. The molecule has 0 amide bonds. The first kappa shape index (κ1) is 38.8. The normalized spacial score (nSPS) is 19.2. The van der Waals surface area contributed by atoms with Gasteiger partial charge in [-0.25, -0.2) is 4.79 Å². The zero-order valence-electron chi connectivity index (χ0n) is 20.9. The number of hydrogen-bond donors (Lipinski definition) is 0. The first-order valence-electron chi connectivity index (χ1n) is 11.3. The largest absolute Gasteiger partial charge is 0.460 e. The predicted octanol–water partition coefficient (Wildman–Crippen LogP) is 9.39. The van der Waals surface area contributed by atoms with Crippen LogP contribution in [0.4, 0.5) is 87.8 Å². The van der Waals surface area contributed by atoms with Crippen LogP contribution in [0.2, 0.25) is 0 Å². The van der Waals surface area contributed by atoms with Crippen LogP contribution in [0.1, 0.15) is 45.4 Å². The third kappa shape index (κ3) is 6.20. The SMILES string of the molecule is C=C(C(=O)OC(C)(CC(F)(F)C(F)(F)C(F)(F)C(F)(F)C(F)(F)C(F)(F)C(F)(F)C(F)(F)F)C1CCCCC1)C(F)(F)F. The van der Waals surface area contributed by atoms with Gasteiger partial charge in [-0.3, -0.25) is 0 Å². The molecular weight excluding hydrogens is 664 g/mol. The monoisotopic (exact) mass is 682 g/mol. The molecule has 0 aromatic rings. The molecule has 1 aliphatic rings. The number of hydrogen-bond acceptors (Lipinski definition) is 2. The van der Waals surface area contributed by atoms with Gasteiger partial charge in [-0.05, 0) is 25.7 Å². The molecule has 254 valence electrons. The third-order valence-electron chi connectivity index (χ3n) is 6.74. The van der Waals surface area contributed by atoms with Crippen molar-refractivity contribution < 1.29 is 97.3 Å². The lowest BCUT2D eigenvalue weighted by molar-refractivity contribution is -0.462. The van der Waals surface area contributed by atoms with Crippen LogP contribution in [0, 0.1) is 5.92 Å². The summed E-state index contributed by atoms with van der Waals surface area (Å²) in [6, 6.07) is 0. The van der Waals surface area contributed by atoms with E-state index in [0.717, 1.165) is 0 Å². The molecule has 1 fully saturated rings. The van der Waals surface area contributed by atoms with Gasteiger partial charge in [0.15, 0.2) is 0 Å². The maximum absolute atomic E-state index is 14.7. The number of halogens is 20. The van der Waals surface area contributed by atoms with E-state index >= 15 is 0 Å². The van der Waals surface area contributed by atoms with E-state index in [2.05, 4.69) is 11.3 Å². The fourth-order valence-electron chi connectivity index (χ4n) is 4.11. The van der Waals surface area contributed by atoms with Crippen molar-refractivity contribution in [2.24, 2.45) is 5.92 Å². The molecule has 1 atom stereocenters. The summed E-state index contributed by atoms with van der Waals surface area (Å²) in [6.45, 7) is 2.35. The van der Waals surface area contributed by atoms with Crippen LogP contribution in [-0.4, -0.2) is 65.4 Å². The average Bonchev–Trinajstić information content (AvgIpc) is 2.81. The Labute approximate surface area is 227 Å². The molecule has 43 heavy (non-hydrogen) atoms. The van der Waals surface area contributed by atoms with E-state index in [1.165, 1.54) is 0 Å². The smallest absolute Gasteiger partial charge is 0.455 e. The molecule has 0 aromatic carbocycles. The van der Waals surface area contributed by atoms with E-state index in [1.54, 1.807) is 0 Å². The maximum atomic E-state index is 14.7. The summed E-state index contributed by atoms with van der Waals surface area (Å²) in [4.78, 5) is 11.9. The second-order valence-corrected chi connectivity index (χ2v) is 9.84. The highest BCUT2D eigenvalue weighted by molar-refractivity contribution is 5.89. The minimum Gasteiger partial charge on any atom is -0.455 e. The lowest BCUT2D eigenvalue weighted by Gasteiger charge is -2.45. The Kier molecular flexibility index (Phi) is 9.94. The molecule has 0 radical (unpaired) electrons. The van der Waals surface area contributed by atoms with Crippen molar-refractivity contribution >= 4 is 5.97 Å². The van der Waals surface area contributed by atoms with Crippen molar-refractivity contribution in [3.05, 3.63) is 12.2 Å². The van der Waals surface area contributed by atoms with E-state index in [9.17, 15) is 92.6 Å². The van der Waals surface area contributed by atoms with Gasteiger partial charge in [0.1, 0.15) is 11.2 Å². The summed E-state index contributed by atoms with van der Waals surface area (Å²) >= 11 is 0. The summed E-state index contributed by atoms with van der Waals surface area (Å²) in [7, 11) is 0. The zero-order chi connectivity index (χ0) is 34.7. The molecule has 0 saturated heterocycles. The number of carbonyl (C=O) groups excluding carboxylic acids is 1. The van der Waals surface area contributed by atoms with Crippen molar-refractivity contribution in [2.75, 3.05) is 0 Å². The first-order valence-corrected chi connectivity index (χ1v) is 11.3. The fourth-order valence-corrected chi connectivity index (χ4v) is 4.11. The van der Waals surface area contributed by atoms with Crippen molar-refractivity contribution in [3.8, 4) is 0 Å². The third-order valence-corrected chi connectivity index (χ3v) is 6.74. The van der Waals surface area contributed by atoms with Gasteiger partial charge in [0, 0.05) is 0 Å². The van der Waals surface area contributed by atoms with Gasteiger partial charge < -0.3 is 4.74 Å². The van der Waals surface area contributed by atoms with Crippen LogP contribution in [0.3, 0.4) is 0 Å². The van der Waals surface area contributed by atoms with E-state index in [-0.39, 0.29) is 26.2 Å². The zero-order valence-corrected chi connectivity index (χ0v) is 20.9. The lowest BCUT2D eigenvalue weighted by atomic mass is 9.73. The van der Waals surface area contributed by atoms with Gasteiger partial charge in [-0.1, -0.05) is 25.8 Å². The van der Waals surface area contributed by atoms with Crippen molar-refractivity contribution in [2.45, 2.75) is 105 Å². The summed E-state index contributed by atoms with van der Waals surface area (Å²) in [6.07, 6.45) is -17.6. The van der Waals surface area contributed by atoms with Crippen molar-refractivity contribution in [1.29, 1.82) is 0 Å². The Morgan fingerprint density at radius 1 is 0.605 bits per heavy atom. The van der Waals surface area contributed by atoms with Gasteiger partial charge in [0.25, 0.3) is 0 Å². The van der Waals surface area contributed by atoms with Crippen LogP contribution in [0.15, 0.2) is 12.2 Å². The summed E-state index contributed by atoms with van der Waals surface area (Å²) in [5, 5.41) is 0. The molecule has 0 heterocycles. The first-order chi connectivity index (χ1) is 18.6. The number of esters is 1. The Morgan fingerprint density at radius 3 is 1.30 bits per heavy atom. The Bertz CT molecular complexity index is 1030. The Morgan fingerprint density at radius 2 is 0.953 bits per heavy atom. The van der Waals surface area contributed by atoms with Crippen LogP contribution in [0.5, 0.6) is 0 Å². The minimum atomic E-state index is -8.83. The second kappa shape index (κ2) is 11.0. The standard InChI is InChI=1S/C21H18F20O2/c1-9(14(24,25)26)11(42)43-12(2,10-6-4-3-5-7-10)8-13(22,23)15(27,28)16(29,30)17(31,32)18(33,34)19(35,36)20(37,38)21(39,40)41/h10H,1,3-8H2,2H3. The predicted molar refractivity (Wildman–Crippen MR) is 102 cm³/mol. The van der Waals surface area contributed by atoms with Crippen LogP contribution in [-0.2, 0) is 9.53 Å². The minimum absolute atomic E-state index is 0.0526. The lowest BCUT2D eigenvalue weighted by Crippen LogP contribution is -2.74. The van der Waals surface area contributed by atoms with Crippen LogP contribution < -0.4 is 0 Å². The molecule has 0 N–H and O–H groups in total.